The van der Waals surface area contributed by atoms with Crippen LogP contribution in [0.5, 0.6) is 5.75 Å². The molecule has 3 heteroatoms. The van der Waals surface area contributed by atoms with E-state index in [0.717, 1.165) is 18.0 Å². The largest absolute Gasteiger partial charge is 0.489 e. The highest BCUT2D eigenvalue weighted by Crippen LogP contribution is 2.28. The molecule has 1 rings (SSSR count). The van der Waals surface area contributed by atoms with Crippen molar-refractivity contribution in [1.29, 1.82) is 0 Å². The van der Waals surface area contributed by atoms with E-state index in [2.05, 4.69) is 19.2 Å². The first-order chi connectivity index (χ1) is 8.52. The van der Waals surface area contributed by atoms with E-state index in [0.29, 0.717) is 10.9 Å². The smallest absolute Gasteiger partial charge is 0.138 e. The van der Waals surface area contributed by atoms with Crippen LogP contribution in [0.25, 0.3) is 0 Å². The Balaban J connectivity index is 2.56. The molecule has 0 aliphatic heterocycles. The van der Waals surface area contributed by atoms with Crippen LogP contribution in [0.15, 0.2) is 18.2 Å². The van der Waals surface area contributed by atoms with Gasteiger partial charge in [0.15, 0.2) is 0 Å². The molecule has 102 valence electrons. The molecular formula is C15H24ClNO. The zero-order valence-electron chi connectivity index (χ0n) is 11.8. The average Bonchev–Trinajstić information content (AvgIpc) is 2.29. The Bertz CT molecular complexity index is 366. The normalized spacial score (nSPS) is 12.6. The molecule has 1 aromatic carbocycles. The van der Waals surface area contributed by atoms with E-state index in [1.54, 1.807) is 0 Å². The third kappa shape index (κ3) is 5.18. The van der Waals surface area contributed by atoms with E-state index in [1.807, 2.05) is 32.0 Å². The summed E-state index contributed by atoms with van der Waals surface area (Å²) >= 11 is 6.18. The van der Waals surface area contributed by atoms with Crippen LogP contribution in [-0.2, 0) is 0 Å². The van der Waals surface area contributed by atoms with Gasteiger partial charge in [0.1, 0.15) is 5.75 Å². The van der Waals surface area contributed by atoms with Gasteiger partial charge in [-0.05, 0) is 44.4 Å². The molecule has 0 aliphatic carbocycles. The van der Waals surface area contributed by atoms with Crippen molar-refractivity contribution in [3.8, 4) is 5.75 Å². The minimum Gasteiger partial charge on any atom is -0.489 e. The standard InChI is InChI=1S/C15H24ClNO/c1-5-6-12(4)10-17-13-7-8-15(14(16)9-13)18-11(2)3/h7-9,11-12,17H,5-6,10H2,1-4H3. The Labute approximate surface area is 116 Å². The second kappa shape index (κ2) is 7.52. The summed E-state index contributed by atoms with van der Waals surface area (Å²) in [5.41, 5.74) is 1.05. The summed E-state index contributed by atoms with van der Waals surface area (Å²) in [7, 11) is 0. The molecule has 0 saturated carbocycles. The quantitative estimate of drug-likeness (QED) is 0.754. The number of rotatable bonds is 7. The number of nitrogens with one attached hydrogen (secondary N) is 1. The molecule has 18 heavy (non-hydrogen) atoms. The Hall–Kier alpha value is -0.890. The van der Waals surface area contributed by atoms with Gasteiger partial charge in [-0.1, -0.05) is 31.9 Å². The van der Waals surface area contributed by atoms with Crippen molar-refractivity contribution < 1.29 is 4.74 Å². The Kier molecular flexibility index (Phi) is 6.34. The fourth-order valence-electron chi connectivity index (χ4n) is 1.85. The lowest BCUT2D eigenvalue weighted by atomic mass is 10.1. The van der Waals surface area contributed by atoms with Crippen LogP contribution in [0.2, 0.25) is 5.02 Å². The third-order valence-electron chi connectivity index (χ3n) is 2.73. The first-order valence-electron chi connectivity index (χ1n) is 6.73. The molecule has 0 aliphatic rings. The minimum atomic E-state index is 0.144. The molecule has 0 radical (unpaired) electrons. The van der Waals surface area contributed by atoms with Gasteiger partial charge in [-0.15, -0.1) is 0 Å². The number of hydrogen-bond acceptors (Lipinski definition) is 2. The maximum atomic E-state index is 6.18. The number of halogens is 1. The lowest BCUT2D eigenvalue weighted by Gasteiger charge is -2.15. The van der Waals surface area contributed by atoms with Gasteiger partial charge in [-0.3, -0.25) is 0 Å². The van der Waals surface area contributed by atoms with Crippen molar-refractivity contribution in [1.82, 2.24) is 0 Å². The predicted octanol–water partition coefficient (Wildman–Crippen LogP) is 4.98. The van der Waals surface area contributed by atoms with Gasteiger partial charge in [0, 0.05) is 12.2 Å². The molecule has 0 heterocycles. The molecule has 1 N–H and O–H groups in total. The summed E-state index contributed by atoms with van der Waals surface area (Å²) in [6.45, 7) is 9.44. The first kappa shape index (κ1) is 15.2. The summed E-state index contributed by atoms with van der Waals surface area (Å²) in [5.74, 6) is 1.43. The van der Waals surface area contributed by atoms with Gasteiger partial charge in [-0.2, -0.15) is 0 Å². The summed E-state index contributed by atoms with van der Waals surface area (Å²) in [6, 6.07) is 5.87. The number of ether oxygens (including phenoxy) is 1. The third-order valence-corrected chi connectivity index (χ3v) is 3.03. The molecule has 2 nitrogen and oxygen atoms in total. The second-order valence-electron chi connectivity index (χ2n) is 5.09. The second-order valence-corrected chi connectivity index (χ2v) is 5.49. The molecule has 0 amide bonds. The monoisotopic (exact) mass is 269 g/mol. The average molecular weight is 270 g/mol. The number of benzene rings is 1. The number of hydrogen-bond donors (Lipinski definition) is 1. The van der Waals surface area contributed by atoms with Crippen LogP contribution in [0.1, 0.15) is 40.5 Å². The zero-order chi connectivity index (χ0) is 13.5. The molecule has 0 spiro atoms. The fraction of sp³-hybridized carbons (Fsp3) is 0.600. The lowest BCUT2D eigenvalue weighted by Crippen LogP contribution is -2.11. The van der Waals surface area contributed by atoms with E-state index < -0.39 is 0 Å². The fourth-order valence-corrected chi connectivity index (χ4v) is 2.07. The lowest BCUT2D eigenvalue weighted by molar-refractivity contribution is 0.242. The Morgan fingerprint density at radius 2 is 2.00 bits per heavy atom. The highest BCUT2D eigenvalue weighted by molar-refractivity contribution is 6.32. The van der Waals surface area contributed by atoms with Crippen molar-refractivity contribution >= 4 is 17.3 Å². The Morgan fingerprint density at radius 1 is 1.28 bits per heavy atom. The van der Waals surface area contributed by atoms with Crippen LogP contribution >= 0.6 is 11.6 Å². The van der Waals surface area contributed by atoms with Crippen LogP contribution < -0.4 is 10.1 Å². The molecule has 0 saturated heterocycles. The molecule has 1 aromatic rings. The number of anilines is 1. The predicted molar refractivity (Wildman–Crippen MR) is 79.8 cm³/mol. The summed E-state index contributed by atoms with van der Waals surface area (Å²) in [5, 5.41) is 4.07. The van der Waals surface area contributed by atoms with Gasteiger partial charge >= 0.3 is 0 Å². The van der Waals surface area contributed by atoms with Crippen LogP contribution in [0, 0.1) is 5.92 Å². The van der Waals surface area contributed by atoms with Crippen molar-refractivity contribution in [3.63, 3.8) is 0 Å². The van der Waals surface area contributed by atoms with E-state index >= 15 is 0 Å². The van der Waals surface area contributed by atoms with Crippen LogP contribution in [-0.4, -0.2) is 12.6 Å². The van der Waals surface area contributed by atoms with Gasteiger partial charge < -0.3 is 10.1 Å². The van der Waals surface area contributed by atoms with E-state index in [9.17, 15) is 0 Å². The molecule has 0 fully saturated rings. The van der Waals surface area contributed by atoms with Crippen molar-refractivity contribution in [3.05, 3.63) is 23.2 Å². The maximum Gasteiger partial charge on any atom is 0.138 e. The molecule has 1 unspecified atom stereocenters. The molecule has 0 aromatic heterocycles. The minimum absolute atomic E-state index is 0.144. The van der Waals surface area contributed by atoms with Gasteiger partial charge in [0.25, 0.3) is 0 Å². The topological polar surface area (TPSA) is 21.3 Å². The summed E-state index contributed by atoms with van der Waals surface area (Å²) < 4.78 is 5.60. The van der Waals surface area contributed by atoms with E-state index in [-0.39, 0.29) is 6.10 Å². The van der Waals surface area contributed by atoms with E-state index in [1.165, 1.54) is 12.8 Å². The highest BCUT2D eigenvalue weighted by atomic mass is 35.5. The van der Waals surface area contributed by atoms with Crippen molar-refractivity contribution in [2.45, 2.75) is 46.6 Å². The van der Waals surface area contributed by atoms with Crippen molar-refractivity contribution in [2.24, 2.45) is 5.92 Å². The summed E-state index contributed by atoms with van der Waals surface area (Å²) in [4.78, 5) is 0. The van der Waals surface area contributed by atoms with Crippen LogP contribution in [0.3, 0.4) is 0 Å². The summed E-state index contributed by atoms with van der Waals surface area (Å²) in [6.07, 6.45) is 2.62. The van der Waals surface area contributed by atoms with E-state index in [4.69, 9.17) is 16.3 Å². The van der Waals surface area contributed by atoms with Crippen LogP contribution in [0.4, 0.5) is 5.69 Å². The van der Waals surface area contributed by atoms with Gasteiger partial charge in [0.2, 0.25) is 0 Å². The molecule has 1 atom stereocenters. The van der Waals surface area contributed by atoms with Gasteiger partial charge in [-0.25, -0.2) is 0 Å². The Morgan fingerprint density at radius 3 is 2.56 bits per heavy atom. The SMILES string of the molecule is CCCC(C)CNc1ccc(OC(C)C)c(Cl)c1. The maximum absolute atomic E-state index is 6.18. The van der Waals surface area contributed by atoms with Gasteiger partial charge in [0.05, 0.1) is 11.1 Å². The highest BCUT2D eigenvalue weighted by Gasteiger charge is 2.06. The zero-order valence-corrected chi connectivity index (χ0v) is 12.6. The van der Waals surface area contributed by atoms with Crippen molar-refractivity contribution in [2.75, 3.05) is 11.9 Å². The molecule has 0 bridgehead atoms. The molecular weight excluding hydrogens is 246 g/mol. The first-order valence-corrected chi connectivity index (χ1v) is 7.10.